The Morgan fingerprint density at radius 2 is 1.64 bits per heavy atom. The van der Waals surface area contributed by atoms with E-state index in [0.29, 0.717) is 18.2 Å². The number of hydrogen-bond acceptors (Lipinski definition) is 3. The van der Waals surface area contributed by atoms with E-state index in [0.717, 1.165) is 18.6 Å². The lowest BCUT2D eigenvalue weighted by Crippen LogP contribution is -2.29. The molecule has 1 N–H and O–H groups in total. The molecule has 25 heavy (non-hydrogen) atoms. The van der Waals surface area contributed by atoms with E-state index in [1.807, 2.05) is 36.4 Å². The summed E-state index contributed by atoms with van der Waals surface area (Å²) in [6.07, 6.45) is 2.25. The van der Waals surface area contributed by atoms with Crippen LogP contribution in [0.25, 0.3) is 0 Å². The molecular weight excluding hydrogens is 312 g/mol. The van der Waals surface area contributed by atoms with E-state index < -0.39 is 0 Å². The number of rotatable bonds is 6. The molecule has 0 saturated heterocycles. The van der Waals surface area contributed by atoms with Gasteiger partial charge in [0.05, 0.1) is 0 Å². The zero-order valence-corrected chi connectivity index (χ0v) is 13.9. The van der Waals surface area contributed by atoms with Crippen molar-refractivity contribution >= 4 is 5.91 Å². The SMILES string of the molecule is O=C(NCC(c1ccccc1)c1ccccc1)c1cc(C2CC2)on1. The summed E-state index contributed by atoms with van der Waals surface area (Å²) >= 11 is 0. The molecule has 126 valence electrons. The number of aromatic nitrogens is 1. The zero-order chi connectivity index (χ0) is 17.1. The van der Waals surface area contributed by atoms with Crippen molar-refractivity contribution < 1.29 is 9.32 Å². The summed E-state index contributed by atoms with van der Waals surface area (Å²) in [5, 5.41) is 6.92. The third-order valence-electron chi connectivity index (χ3n) is 4.61. The van der Waals surface area contributed by atoms with Crippen LogP contribution in [0.4, 0.5) is 0 Å². The molecule has 0 spiro atoms. The molecule has 1 heterocycles. The largest absolute Gasteiger partial charge is 0.360 e. The van der Waals surface area contributed by atoms with Crippen LogP contribution < -0.4 is 5.32 Å². The topological polar surface area (TPSA) is 55.1 Å². The smallest absolute Gasteiger partial charge is 0.273 e. The molecule has 1 fully saturated rings. The number of carbonyl (C=O) groups is 1. The third-order valence-corrected chi connectivity index (χ3v) is 4.61. The number of nitrogens with one attached hydrogen (secondary N) is 1. The molecule has 0 unspecified atom stereocenters. The molecule has 2 aromatic carbocycles. The van der Waals surface area contributed by atoms with Gasteiger partial charge in [0.2, 0.25) is 0 Å². The minimum absolute atomic E-state index is 0.0983. The maximum absolute atomic E-state index is 12.4. The fourth-order valence-electron chi connectivity index (χ4n) is 3.04. The summed E-state index contributed by atoms with van der Waals surface area (Å²) in [6.45, 7) is 0.512. The highest BCUT2D eigenvalue weighted by Crippen LogP contribution is 2.40. The second kappa shape index (κ2) is 6.93. The Balaban J connectivity index is 1.49. The summed E-state index contributed by atoms with van der Waals surface area (Å²) in [5.41, 5.74) is 2.71. The van der Waals surface area contributed by atoms with Gasteiger partial charge in [-0.25, -0.2) is 0 Å². The molecule has 1 saturated carbocycles. The van der Waals surface area contributed by atoms with Gasteiger partial charge in [-0.2, -0.15) is 0 Å². The Labute approximate surface area is 146 Å². The molecule has 1 aliphatic carbocycles. The second-order valence-corrected chi connectivity index (χ2v) is 6.47. The van der Waals surface area contributed by atoms with E-state index in [2.05, 4.69) is 34.7 Å². The van der Waals surface area contributed by atoms with Gasteiger partial charge in [0.15, 0.2) is 5.69 Å². The van der Waals surface area contributed by atoms with Crippen molar-refractivity contribution in [3.63, 3.8) is 0 Å². The molecular formula is C21H20N2O2. The first-order valence-electron chi connectivity index (χ1n) is 8.66. The van der Waals surface area contributed by atoms with E-state index in [1.54, 1.807) is 6.07 Å². The van der Waals surface area contributed by atoms with E-state index in [-0.39, 0.29) is 11.8 Å². The molecule has 1 aliphatic rings. The molecule has 4 rings (SSSR count). The van der Waals surface area contributed by atoms with Gasteiger partial charge in [-0.1, -0.05) is 65.8 Å². The van der Waals surface area contributed by atoms with Gasteiger partial charge in [0, 0.05) is 24.4 Å². The van der Waals surface area contributed by atoms with Crippen molar-refractivity contribution in [2.75, 3.05) is 6.54 Å². The van der Waals surface area contributed by atoms with Crippen LogP contribution in [0.1, 0.15) is 52.1 Å². The van der Waals surface area contributed by atoms with Gasteiger partial charge in [-0.3, -0.25) is 4.79 Å². The Bertz CT molecular complexity index is 799. The molecule has 1 aromatic heterocycles. The van der Waals surface area contributed by atoms with E-state index in [4.69, 9.17) is 4.52 Å². The van der Waals surface area contributed by atoms with Gasteiger partial charge < -0.3 is 9.84 Å². The van der Waals surface area contributed by atoms with Crippen molar-refractivity contribution in [3.8, 4) is 0 Å². The molecule has 3 aromatic rings. The maximum atomic E-state index is 12.4. The Hall–Kier alpha value is -2.88. The van der Waals surface area contributed by atoms with Crippen molar-refractivity contribution in [1.29, 1.82) is 0 Å². The van der Waals surface area contributed by atoms with Crippen molar-refractivity contribution in [2.45, 2.75) is 24.7 Å². The van der Waals surface area contributed by atoms with Gasteiger partial charge in [0.25, 0.3) is 5.91 Å². The molecule has 0 bridgehead atoms. The van der Waals surface area contributed by atoms with Crippen molar-refractivity contribution in [2.24, 2.45) is 0 Å². The molecule has 4 nitrogen and oxygen atoms in total. The Kier molecular flexibility index (Phi) is 4.34. The van der Waals surface area contributed by atoms with E-state index in [9.17, 15) is 4.79 Å². The fourth-order valence-corrected chi connectivity index (χ4v) is 3.04. The van der Waals surface area contributed by atoms with Crippen LogP contribution in [0.3, 0.4) is 0 Å². The normalized spacial score (nSPS) is 13.8. The summed E-state index contributed by atoms with van der Waals surface area (Å²) in [6, 6.07) is 22.2. The first-order valence-corrected chi connectivity index (χ1v) is 8.66. The van der Waals surface area contributed by atoms with Crippen LogP contribution in [0.5, 0.6) is 0 Å². The quantitative estimate of drug-likeness (QED) is 0.739. The number of hydrogen-bond donors (Lipinski definition) is 1. The third kappa shape index (κ3) is 3.63. The lowest BCUT2D eigenvalue weighted by Gasteiger charge is -2.18. The van der Waals surface area contributed by atoms with E-state index in [1.165, 1.54) is 11.1 Å². The van der Waals surface area contributed by atoms with Crippen LogP contribution in [0.15, 0.2) is 71.3 Å². The Morgan fingerprint density at radius 1 is 1.04 bits per heavy atom. The number of carbonyl (C=O) groups excluding carboxylic acids is 1. The second-order valence-electron chi connectivity index (χ2n) is 6.47. The van der Waals surface area contributed by atoms with Crippen LogP contribution in [-0.2, 0) is 0 Å². The number of benzene rings is 2. The highest BCUT2D eigenvalue weighted by Gasteiger charge is 2.29. The summed E-state index contributed by atoms with van der Waals surface area (Å²) in [4.78, 5) is 12.4. The highest BCUT2D eigenvalue weighted by atomic mass is 16.5. The zero-order valence-electron chi connectivity index (χ0n) is 13.9. The predicted octanol–water partition coefficient (Wildman–Crippen LogP) is 4.11. The minimum atomic E-state index is -0.187. The van der Waals surface area contributed by atoms with Gasteiger partial charge in [-0.05, 0) is 24.0 Å². The lowest BCUT2D eigenvalue weighted by atomic mass is 9.91. The van der Waals surface area contributed by atoms with Crippen LogP contribution in [0.2, 0.25) is 0 Å². The number of amides is 1. The molecule has 0 radical (unpaired) electrons. The van der Waals surface area contributed by atoms with Crippen LogP contribution in [0, 0.1) is 0 Å². The fraction of sp³-hybridized carbons (Fsp3) is 0.238. The molecule has 0 atom stereocenters. The standard InChI is InChI=1S/C21H20N2O2/c24-21(19-13-20(25-23-19)17-11-12-17)22-14-18(15-7-3-1-4-8-15)16-9-5-2-6-10-16/h1-10,13,17-18H,11-12,14H2,(H,22,24). The maximum Gasteiger partial charge on any atom is 0.273 e. The van der Waals surface area contributed by atoms with Crippen molar-refractivity contribution in [3.05, 3.63) is 89.3 Å². The summed E-state index contributed by atoms with van der Waals surface area (Å²) in [5.74, 6) is 1.19. The monoisotopic (exact) mass is 332 g/mol. The average molecular weight is 332 g/mol. The van der Waals surface area contributed by atoms with Gasteiger partial charge in [0.1, 0.15) is 5.76 Å². The molecule has 4 heteroatoms. The first-order chi connectivity index (χ1) is 12.3. The van der Waals surface area contributed by atoms with Crippen LogP contribution >= 0.6 is 0 Å². The van der Waals surface area contributed by atoms with Gasteiger partial charge >= 0.3 is 0 Å². The minimum Gasteiger partial charge on any atom is -0.360 e. The Morgan fingerprint density at radius 3 is 2.20 bits per heavy atom. The lowest BCUT2D eigenvalue weighted by molar-refractivity contribution is 0.0943. The predicted molar refractivity (Wildman–Crippen MR) is 95.5 cm³/mol. The van der Waals surface area contributed by atoms with E-state index >= 15 is 0 Å². The number of nitrogens with zero attached hydrogens (tertiary/aromatic N) is 1. The highest BCUT2D eigenvalue weighted by molar-refractivity contribution is 5.92. The molecule has 1 amide bonds. The van der Waals surface area contributed by atoms with Gasteiger partial charge in [-0.15, -0.1) is 0 Å². The average Bonchev–Trinajstić information content (AvgIpc) is 3.40. The summed E-state index contributed by atoms with van der Waals surface area (Å²) < 4.78 is 5.27. The summed E-state index contributed by atoms with van der Waals surface area (Å²) in [7, 11) is 0. The molecule has 0 aliphatic heterocycles. The first kappa shape index (κ1) is 15.6. The van der Waals surface area contributed by atoms with Crippen molar-refractivity contribution in [1.82, 2.24) is 10.5 Å². The van der Waals surface area contributed by atoms with Crippen LogP contribution in [-0.4, -0.2) is 17.6 Å².